The molecule has 1 fully saturated rings. The van der Waals surface area contributed by atoms with Crippen LogP contribution in [0.25, 0.3) is 0 Å². The molecule has 2 aliphatic heterocycles. The first-order valence-corrected chi connectivity index (χ1v) is 9.88. The molecule has 0 bridgehead atoms. The molecule has 2 aromatic rings. The molecular weight excluding hydrogens is 354 g/mol. The van der Waals surface area contributed by atoms with Gasteiger partial charge in [-0.25, -0.2) is 0 Å². The topological polar surface area (TPSA) is 63.1 Å². The second-order valence-electron chi connectivity index (χ2n) is 7.49. The van der Waals surface area contributed by atoms with Crippen LogP contribution in [-0.4, -0.2) is 44.1 Å². The van der Waals surface area contributed by atoms with E-state index in [4.69, 9.17) is 4.74 Å². The minimum atomic E-state index is -0.184. The van der Waals surface area contributed by atoms with Gasteiger partial charge in [-0.1, -0.05) is 42.5 Å². The Kier molecular flexibility index (Phi) is 5.58. The SMILES string of the molecule is O=C(CN1C(=O)COc2ccccc21)NC1CC[NH+](Cc2ccccc2)CC1. The van der Waals surface area contributed by atoms with E-state index < -0.39 is 0 Å². The number of carbonyl (C=O) groups excluding carboxylic acids is 2. The van der Waals surface area contributed by atoms with Gasteiger partial charge in [0.25, 0.3) is 5.91 Å². The van der Waals surface area contributed by atoms with Gasteiger partial charge in [0.15, 0.2) is 6.61 Å². The van der Waals surface area contributed by atoms with E-state index in [2.05, 4.69) is 29.6 Å². The Morgan fingerprint density at radius 2 is 1.79 bits per heavy atom. The van der Waals surface area contributed by atoms with E-state index in [9.17, 15) is 9.59 Å². The minimum Gasteiger partial charge on any atom is -0.482 e. The van der Waals surface area contributed by atoms with Crippen LogP contribution in [0.4, 0.5) is 5.69 Å². The number of carbonyl (C=O) groups is 2. The van der Waals surface area contributed by atoms with Crippen molar-refractivity contribution >= 4 is 17.5 Å². The van der Waals surface area contributed by atoms with Crippen molar-refractivity contribution in [1.82, 2.24) is 5.32 Å². The number of fused-ring (bicyclic) bond motifs is 1. The van der Waals surface area contributed by atoms with E-state index in [1.165, 1.54) is 10.5 Å². The lowest BCUT2D eigenvalue weighted by Gasteiger charge is -2.32. The summed E-state index contributed by atoms with van der Waals surface area (Å²) in [6.45, 7) is 3.13. The number of rotatable bonds is 5. The van der Waals surface area contributed by atoms with Crippen LogP contribution in [0.2, 0.25) is 0 Å². The highest BCUT2D eigenvalue weighted by atomic mass is 16.5. The number of anilines is 1. The standard InChI is InChI=1S/C22H25N3O3/c26-21(15-25-19-8-4-5-9-20(19)28-16-22(25)27)23-18-10-12-24(13-11-18)14-17-6-2-1-3-7-17/h1-9,18H,10-16H2,(H,23,26)/p+1. The number of hydrogen-bond acceptors (Lipinski definition) is 3. The van der Waals surface area contributed by atoms with Gasteiger partial charge in [0, 0.05) is 24.4 Å². The van der Waals surface area contributed by atoms with Crippen LogP contribution in [0.1, 0.15) is 18.4 Å². The van der Waals surface area contributed by atoms with Crippen LogP contribution in [0, 0.1) is 0 Å². The summed E-state index contributed by atoms with van der Waals surface area (Å²) in [7, 11) is 0. The van der Waals surface area contributed by atoms with Crippen molar-refractivity contribution in [1.29, 1.82) is 0 Å². The lowest BCUT2D eigenvalue weighted by molar-refractivity contribution is -0.918. The number of piperidine rings is 1. The number of likely N-dealkylation sites (tertiary alicyclic amines) is 1. The molecule has 0 aliphatic carbocycles. The summed E-state index contributed by atoms with van der Waals surface area (Å²) in [4.78, 5) is 27.8. The fourth-order valence-corrected chi connectivity index (χ4v) is 3.98. The molecule has 2 aromatic carbocycles. The molecule has 6 heteroatoms. The summed E-state index contributed by atoms with van der Waals surface area (Å²) in [5, 5.41) is 3.11. The molecule has 6 nitrogen and oxygen atoms in total. The molecule has 0 saturated carbocycles. The number of para-hydroxylation sites is 2. The fourth-order valence-electron chi connectivity index (χ4n) is 3.98. The van der Waals surface area contributed by atoms with Crippen molar-refractivity contribution in [2.75, 3.05) is 31.1 Å². The molecule has 2 heterocycles. The first-order chi connectivity index (χ1) is 13.7. The zero-order valence-electron chi connectivity index (χ0n) is 15.9. The fraction of sp³-hybridized carbons (Fsp3) is 0.364. The van der Waals surface area contributed by atoms with Gasteiger partial charge in [-0.05, 0) is 12.1 Å². The number of nitrogens with one attached hydrogen (secondary N) is 2. The average molecular weight is 380 g/mol. The lowest BCUT2D eigenvalue weighted by Crippen LogP contribution is -3.12. The Labute approximate surface area is 165 Å². The zero-order chi connectivity index (χ0) is 19.3. The van der Waals surface area contributed by atoms with Gasteiger partial charge in [-0.2, -0.15) is 0 Å². The van der Waals surface area contributed by atoms with Crippen molar-refractivity contribution < 1.29 is 19.2 Å². The number of amides is 2. The highest BCUT2D eigenvalue weighted by molar-refractivity contribution is 6.02. The van der Waals surface area contributed by atoms with Gasteiger partial charge in [0.1, 0.15) is 18.8 Å². The van der Waals surface area contributed by atoms with Gasteiger partial charge < -0.3 is 15.0 Å². The third kappa shape index (κ3) is 4.34. The second kappa shape index (κ2) is 8.44. The van der Waals surface area contributed by atoms with Crippen LogP contribution in [0.3, 0.4) is 0 Å². The summed E-state index contributed by atoms with van der Waals surface area (Å²) in [6.07, 6.45) is 1.92. The minimum absolute atomic E-state index is 0.0223. The van der Waals surface area contributed by atoms with Crippen LogP contribution >= 0.6 is 0 Å². The maximum atomic E-state index is 12.6. The Bertz CT molecular complexity index is 832. The van der Waals surface area contributed by atoms with Crippen molar-refractivity contribution in [3.63, 3.8) is 0 Å². The summed E-state index contributed by atoms with van der Waals surface area (Å²) in [6, 6.07) is 18.0. The molecule has 0 radical (unpaired) electrons. The predicted octanol–water partition coefficient (Wildman–Crippen LogP) is 0.776. The van der Waals surface area contributed by atoms with Crippen LogP contribution in [0.15, 0.2) is 54.6 Å². The number of ether oxygens (including phenoxy) is 1. The van der Waals surface area contributed by atoms with Crippen molar-refractivity contribution in [3.8, 4) is 5.75 Å². The van der Waals surface area contributed by atoms with Crippen molar-refractivity contribution in [2.45, 2.75) is 25.4 Å². The largest absolute Gasteiger partial charge is 0.482 e. The smallest absolute Gasteiger partial charge is 0.265 e. The van der Waals surface area contributed by atoms with Crippen LogP contribution < -0.4 is 19.9 Å². The summed E-state index contributed by atoms with van der Waals surface area (Å²) < 4.78 is 5.43. The quantitative estimate of drug-likeness (QED) is 0.806. The summed E-state index contributed by atoms with van der Waals surface area (Å²) >= 11 is 0. The van der Waals surface area contributed by atoms with Gasteiger partial charge in [0.2, 0.25) is 5.91 Å². The first-order valence-electron chi connectivity index (χ1n) is 9.88. The van der Waals surface area contributed by atoms with Crippen LogP contribution in [-0.2, 0) is 16.1 Å². The van der Waals surface area contributed by atoms with Gasteiger partial charge in [-0.3, -0.25) is 14.5 Å². The molecule has 28 heavy (non-hydrogen) atoms. The number of quaternary nitrogens is 1. The highest BCUT2D eigenvalue weighted by Gasteiger charge is 2.29. The Balaban J connectivity index is 1.28. The summed E-state index contributed by atoms with van der Waals surface area (Å²) in [5.74, 6) is 0.352. The maximum Gasteiger partial charge on any atom is 0.265 e. The lowest BCUT2D eigenvalue weighted by atomic mass is 10.0. The normalized spacial score (nSPS) is 21.6. The molecule has 2 amide bonds. The Hall–Kier alpha value is -2.86. The van der Waals surface area contributed by atoms with Gasteiger partial charge >= 0.3 is 0 Å². The third-order valence-corrected chi connectivity index (χ3v) is 5.46. The monoisotopic (exact) mass is 380 g/mol. The molecule has 146 valence electrons. The third-order valence-electron chi connectivity index (χ3n) is 5.46. The summed E-state index contributed by atoms with van der Waals surface area (Å²) in [5.41, 5.74) is 2.01. The van der Waals surface area contributed by atoms with E-state index in [0.29, 0.717) is 11.4 Å². The molecule has 4 rings (SSSR count). The second-order valence-corrected chi connectivity index (χ2v) is 7.49. The number of nitrogens with zero attached hydrogens (tertiary/aromatic N) is 1. The molecule has 2 N–H and O–H groups in total. The van der Waals surface area contributed by atoms with E-state index >= 15 is 0 Å². The van der Waals surface area contributed by atoms with Crippen molar-refractivity contribution in [3.05, 3.63) is 60.2 Å². The average Bonchev–Trinajstić information content (AvgIpc) is 2.72. The Morgan fingerprint density at radius 1 is 1.07 bits per heavy atom. The van der Waals surface area contributed by atoms with E-state index in [-0.39, 0.29) is 31.0 Å². The van der Waals surface area contributed by atoms with Gasteiger partial charge in [-0.15, -0.1) is 0 Å². The van der Waals surface area contributed by atoms with E-state index in [0.717, 1.165) is 32.5 Å². The molecule has 0 aromatic heterocycles. The molecule has 1 saturated heterocycles. The van der Waals surface area contributed by atoms with Crippen molar-refractivity contribution in [2.24, 2.45) is 0 Å². The predicted molar refractivity (Wildman–Crippen MR) is 106 cm³/mol. The first kappa shape index (κ1) is 18.5. The molecule has 2 aliphatic rings. The van der Waals surface area contributed by atoms with Gasteiger partial charge in [0.05, 0.1) is 18.8 Å². The molecule has 0 unspecified atom stereocenters. The zero-order valence-corrected chi connectivity index (χ0v) is 15.9. The molecular formula is C22H26N3O3+. The van der Waals surface area contributed by atoms with Crippen LogP contribution in [0.5, 0.6) is 5.75 Å². The highest BCUT2D eigenvalue weighted by Crippen LogP contribution is 2.31. The molecule has 0 spiro atoms. The Morgan fingerprint density at radius 3 is 2.57 bits per heavy atom. The maximum absolute atomic E-state index is 12.6. The van der Waals surface area contributed by atoms with E-state index in [1.807, 2.05) is 30.3 Å². The van der Waals surface area contributed by atoms with E-state index in [1.54, 1.807) is 4.90 Å². The molecule has 0 atom stereocenters. The number of benzene rings is 2. The number of hydrogen-bond donors (Lipinski definition) is 2.